The quantitative estimate of drug-likeness (QED) is 0.651. The highest BCUT2D eigenvalue weighted by molar-refractivity contribution is 5.73. The SMILES string of the molecule is [2H]C(O)[C@H]1O[C@@H](OC)[C@H](NC(C)=O)[C@@H](OCc2ccccc2)[C@@H]1OCc1ccccc1. The molecule has 162 valence electrons. The van der Waals surface area contributed by atoms with E-state index in [4.69, 9.17) is 20.3 Å². The molecule has 1 aliphatic heterocycles. The van der Waals surface area contributed by atoms with Crippen LogP contribution in [-0.4, -0.2) is 55.4 Å². The third-order valence-corrected chi connectivity index (χ3v) is 4.91. The molecule has 1 amide bonds. The van der Waals surface area contributed by atoms with Gasteiger partial charge in [0, 0.05) is 14.0 Å². The van der Waals surface area contributed by atoms with E-state index in [2.05, 4.69) is 5.32 Å². The number of amides is 1. The number of methoxy groups -OCH3 is 1. The molecule has 0 radical (unpaired) electrons. The summed E-state index contributed by atoms with van der Waals surface area (Å²) in [6.07, 6.45) is -3.48. The summed E-state index contributed by atoms with van der Waals surface area (Å²) in [5, 5.41) is 12.9. The van der Waals surface area contributed by atoms with Crippen LogP contribution < -0.4 is 5.32 Å². The summed E-state index contributed by atoms with van der Waals surface area (Å²) in [6, 6.07) is 18.4. The van der Waals surface area contributed by atoms with Crippen molar-refractivity contribution in [2.45, 2.75) is 50.8 Å². The second kappa shape index (κ2) is 11.2. The molecule has 1 fully saturated rings. The van der Waals surface area contributed by atoms with Crippen LogP contribution >= 0.6 is 0 Å². The molecule has 0 aliphatic carbocycles. The monoisotopic (exact) mass is 416 g/mol. The Kier molecular flexibility index (Phi) is 7.82. The van der Waals surface area contributed by atoms with Crippen molar-refractivity contribution in [2.24, 2.45) is 0 Å². The van der Waals surface area contributed by atoms with Crippen molar-refractivity contribution in [3.05, 3.63) is 71.8 Å². The molecule has 1 unspecified atom stereocenters. The van der Waals surface area contributed by atoms with Crippen LogP contribution in [0.3, 0.4) is 0 Å². The summed E-state index contributed by atoms with van der Waals surface area (Å²) in [7, 11) is 1.44. The molecule has 0 saturated carbocycles. The third-order valence-electron chi connectivity index (χ3n) is 4.91. The molecule has 0 aromatic heterocycles. The lowest BCUT2D eigenvalue weighted by Crippen LogP contribution is -2.65. The normalized spacial score (nSPS) is 27.8. The second-order valence-electron chi connectivity index (χ2n) is 7.10. The molecule has 30 heavy (non-hydrogen) atoms. The molecule has 0 spiro atoms. The fourth-order valence-corrected chi connectivity index (χ4v) is 3.49. The van der Waals surface area contributed by atoms with Crippen molar-refractivity contribution in [3.8, 4) is 0 Å². The van der Waals surface area contributed by atoms with Crippen molar-refractivity contribution in [2.75, 3.05) is 13.7 Å². The zero-order chi connectivity index (χ0) is 22.2. The van der Waals surface area contributed by atoms with Gasteiger partial charge in [-0.25, -0.2) is 0 Å². The van der Waals surface area contributed by atoms with E-state index >= 15 is 0 Å². The third kappa shape index (κ3) is 5.87. The number of benzene rings is 2. The van der Waals surface area contributed by atoms with Crippen LogP contribution in [0, 0.1) is 0 Å². The largest absolute Gasteiger partial charge is 0.394 e. The number of hydrogen-bond donors (Lipinski definition) is 2. The van der Waals surface area contributed by atoms with Gasteiger partial charge in [0.25, 0.3) is 0 Å². The second-order valence-corrected chi connectivity index (χ2v) is 7.10. The number of hydrogen-bond acceptors (Lipinski definition) is 6. The van der Waals surface area contributed by atoms with Crippen molar-refractivity contribution in [3.63, 3.8) is 0 Å². The van der Waals surface area contributed by atoms with Gasteiger partial charge in [-0.05, 0) is 11.1 Å². The summed E-state index contributed by atoms with van der Waals surface area (Å²) in [5.74, 6) is -0.282. The summed E-state index contributed by atoms with van der Waals surface area (Å²) in [4.78, 5) is 11.9. The van der Waals surface area contributed by atoms with E-state index in [0.29, 0.717) is 0 Å². The number of carbonyl (C=O) groups is 1. The van der Waals surface area contributed by atoms with Gasteiger partial charge >= 0.3 is 0 Å². The van der Waals surface area contributed by atoms with Crippen molar-refractivity contribution < 1.29 is 30.2 Å². The molecule has 1 aliphatic rings. The maximum Gasteiger partial charge on any atom is 0.217 e. The molecule has 1 saturated heterocycles. The molecule has 6 atom stereocenters. The minimum atomic E-state index is -1.58. The minimum Gasteiger partial charge on any atom is -0.394 e. The van der Waals surface area contributed by atoms with Crippen molar-refractivity contribution in [1.82, 2.24) is 5.32 Å². The first kappa shape index (κ1) is 21.0. The molecule has 7 heteroatoms. The van der Waals surface area contributed by atoms with Crippen LogP contribution in [0.2, 0.25) is 0 Å². The molecular weight excluding hydrogens is 386 g/mol. The first-order valence-electron chi connectivity index (χ1n) is 10.4. The summed E-state index contributed by atoms with van der Waals surface area (Å²) in [6.45, 7) is 0.295. The van der Waals surface area contributed by atoms with E-state index < -0.39 is 37.2 Å². The van der Waals surface area contributed by atoms with Gasteiger partial charge in [0.15, 0.2) is 6.29 Å². The van der Waals surface area contributed by atoms with Crippen molar-refractivity contribution in [1.29, 1.82) is 0 Å². The van der Waals surface area contributed by atoms with Gasteiger partial charge in [-0.15, -0.1) is 0 Å². The van der Waals surface area contributed by atoms with Crippen LogP contribution in [-0.2, 0) is 37.0 Å². The Hall–Kier alpha value is -2.29. The van der Waals surface area contributed by atoms with E-state index in [0.717, 1.165) is 11.1 Å². The first-order valence-corrected chi connectivity index (χ1v) is 9.86. The fraction of sp³-hybridized carbons (Fsp3) is 0.435. The zero-order valence-electron chi connectivity index (χ0n) is 18.1. The predicted octanol–water partition coefficient (Wildman–Crippen LogP) is 2.03. The van der Waals surface area contributed by atoms with E-state index in [1.165, 1.54) is 14.0 Å². The smallest absolute Gasteiger partial charge is 0.217 e. The summed E-state index contributed by atoms with van der Waals surface area (Å²) in [5.41, 5.74) is 1.86. The van der Waals surface area contributed by atoms with Gasteiger partial charge in [0.1, 0.15) is 24.4 Å². The fourth-order valence-electron chi connectivity index (χ4n) is 3.49. The molecular formula is C23H29NO6. The zero-order valence-corrected chi connectivity index (χ0v) is 17.1. The molecule has 2 aromatic rings. The highest BCUT2D eigenvalue weighted by Crippen LogP contribution is 2.28. The topological polar surface area (TPSA) is 86.2 Å². The molecule has 3 rings (SSSR count). The van der Waals surface area contributed by atoms with E-state index in [1.54, 1.807) is 0 Å². The molecule has 1 heterocycles. The van der Waals surface area contributed by atoms with E-state index in [9.17, 15) is 9.90 Å². The Morgan fingerprint density at radius 3 is 2.03 bits per heavy atom. The number of aliphatic hydroxyl groups excluding tert-OH is 1. The highest BCUT2D eigenvalue weighted by Gasteiger charge is 2.48. The number of carbonyl (C=O) groups excluding carboxylic acids is 1. The summed E-state index contributed by atoms with van der Waals surface area (Å²) >= 11 is 0. The van der Waals surface area contributed by atoms with Crippen LogP contribution in [0.15, 0.2) is 60.7 Å². The average molecular weight is 416 g/mol. The lowest BCUT2D eigenvalue weighted by Gasteiger charge is -2.45. The van der Waals surface area contributed by atoms with Gasteiger partial charge in [-0.2, -0.15) is 0 Å². The number of nitrogens with one attached hydrogen (secondary N) is 1. The maximum atomic E-state index is 11.9. The van der Waals surface area contributed by atoms with E-state index in [-0.39, 0.29) is 19.1 Å². The van der Waals surface area contributed by atoms with Gasteiger partial charge in [-0.1, -0.05) is 60.7 Å². The van der Waals surface area contributed by atoms with Gasteiger partial charge < -0.3 is 29.4 Å². The van der Waals surface area contributed by atoms with Crippen LogP contribution in [0.5, 0.6) is 0 Å². The lowest BCUT2D eigenvalue weighted by molar-refractivity contribution is -0.282. The standard InChI is InChI=1S/C23H29NO6/c1-16(26)24-20-22(29-15-18-11-7-4-8-12-18)21(19(13-25)30-23(20)27-2)28-14-17-9-5-3-6-10-17/h3-12,19-23,25H,13-15H2,1-2H3,(H,24,26)/t19-,20-,21-,22-,23-/m1/s1/i13D/t13?,19-,20-,21-,22-,23-. The first-order chi connectivity index (χ1) is 15.0. The number of aliphatic hydroxyl groups is 1. The van der Waals surface area contributed by atoms with Gasteiger partial charge in [0.2, 0.25) is 5.91 Å². The van der Waals surface area contributed by atoms with Crippen LogP contribution in [0.4, 0.5) is 0 Å². The lowest BCUT2D eigenvalue weighted by atomic mass is 9.96. The Morgan fingerprint density at radius 2 is 1.57 bits per heavy atom. The van der Waals surface area contributed by atoms with Crippen molar-refractivity contribution >= 4 is 5.91 Å². The average Bonchev–Trinajstić information content (AvgIpc) is 2.77. The van der Waals surface area contributed by atoms with Gasteiger partial charge in [-0.3, -0.25) is 4.79 Å². The summed E-state index contributed by atoms with van der Waals surface area (Å²) < 4.78 is 31.4. The Labute approximate surface area is 178 Å². The molecule has 2 aromatic carbocycles. The Morgan fingerprint density at radius 1 is 1.03 bits per heavy atom. The molecule has 2 N–H and O–H groups in total. The maximum absolute atomic E-state index is 11.9. The van der Waals surface area contributed by atoms with Crippen LogP contribution in [0.25, 0.3) is 0 Å². The van der Waals surface area contributed by atoms with E-state index in [1.807, 2.05) is 60.7 Å². The minimum absolute atomic E-state index is 0.230. The Bertz CT molecular complexity index is 806. The number of rotatable bonds is 9. The Balaban J connectivity index is 1.87. The molecule has 7 nitrogen and oxygen atoms in total. The highest BCUT2D eigenvalue weighted by atomic mass is 16.7. The molecule has 0 bridgehead atoms. The number of ether oxygens (including phenoxy) is 4. The predicted molar refractivity (Wildman–Crippen MR) is 110 cm³/mol. The van der Waals surface area contributed by atoms with Crippen LogP contribution in [0.1, 0.15) is 19.4 Å². The van der Waals surface area contributed by atoms with Gasteiger partial charge in [0.05, 0.1) is 21.2 Å².